The number of Topliss-reactive ketones (excluding diaryl/α,β-unsaturated/α-hetero) is 1. The maximum atomic E-state index is 13.2. The lowest BCUT2D eigenvalue weighted by molar-refractivity contribution is 0.0494. The molecule has 708 valence electrons. The second-order valence-electron chi connectivity index (χ2n) is 40.2. The Labute approximate surface area is 821 Å². The minimum atomic E-state index is -0.458. The quantitative estimate of drug-likeness (QED) is 0.0269. The number of H-pyrrole nitrogens is 3. The summed E-state index contributed by atoms with van der Waals surface area (Å²) in [5, 5.41) is 2.58. The average Bonchev–Trinajstić information content (AvgIpc) is 1.59. The summed E-state index contributed by atoms with van der Waals surface area (Å²) in [6, 6.07) is 71.4. The van der Waals surface area contributed by atoms with Crippen LogP contribution in [-0.2, 0) is 37.5 Å². The highest BCUT2D eigenvalue weighted by molar-refractivity contribution is 9.10. The lowest BCUT2D eigenvalue weighted by atomic mass is 9.85. The van der Waals surface area contributed by atoms with Crippen LogP contribution < -0.4 is 30.7 Å². The second-order valence-corrected chi connectivity index (χ2v) is 41.5. The number of rotatable bonds is 20. The van der Waals surface area contributed by atoms with Crippen molar-refractivity contribution >= 4 is 107 Å². The molecule has 4 aliphatic rings. The maximum Gasteiger partial charge on any atom is 0.408 e. The van der Waals surface area contributed by atoms with E-state index in [1.54, 1.807) is 36.8 Å². The van der Waals surface area contributed by atoms with Gasteiger partial charge >= 0.3 is 6.09 Å². The third kappa shape index (κ3) is 24.0. The van der Waals surface area contributed by atoms with Gasteiger partial charge in [-0.05, 0) is 241 Å². The van der Waals surface area contributed by atoms with Gasteiger partial charge in [-0.1, -0.05) is 186 Å². The van der Waals surface area contributed by atoms with E-state index in [9.17, 15) is 19.2 Å². The maximum absolute atomic E-state index is 13.2. The zero-order valence-electron chi connectivity index (χ0n) is 81.8. The molecule has 4 fully saturated rings. The van der Waals surface area contributed by atoms with E-state index in [4.69, 9.17) is 27.1 Å². The summed E-state index contributed by atoms with van der Waals surface area (Å²) in [5.41, 5.74) is 33.2. The number of hydrogen-bond acceptors (Lipinski definition) is 20. The lowest BCUT2D eigenvalue weighted by Crippen LogP contribution is -2.39. The van der Waals surface area contributed by atoms with Crippen LogP contribution in [0.4, 0.5) is 27.5 Å². The first kappa shape index (κ1) is 98.5. The molecule has 6 N–H and O–H groups in total. The number of nitrogens with zero attached hydrogens (tertiary/aromatic N) is 14. The first-order valence-corrected chi connectivity index (χ1v) is 47.7. The molecule has 4 aliphatic carbocycles. The van der Waals surface area contributed by atoms with Crippen molar-refractivity contribution in [1.82, 2.24) is 70.1 Å². The van der Waals surface area contributed by atoms with E-state index >= 15 is 0 Å². The third-order valence-corrected chi connectivity index (χ3v) is 26.4. The number of fused-ring (bicyclic) bond motifs is 3. The number of aldehydes is 1. The van der Waals surface area contributed by atoms with E-state index in [1.807, 2.05) is 231 Å². The summed E-state index contributed by atoms with van der Waals surface area (Å²) >= 11 is 8.74. The Morgan fingerprint density at radius 2 is 0.790 bits per heavy atom. The van der Waals surface area contributed by atoms with Gasteiger partial charge < -0.3 is 50.3 Å². The van der Waals surface area contributed by atoms with Gasteiger partial charge in [0.15, 0.2) is 46.5 Å². The van der Waals surface area contributed by atoms with E-state index in [0.29, 0.717) is 45.9 Å². The standard InChI is InChI=1S/C34H35N5O.C23H23N5.C22H22N6.C14H18BrNO2.C11H13ClO.C8H10N2O/c1-33(2,3)24-10-8-23(9-11-24)29(40)20-34(17-18-34)25-12-6-22(7-13-25)27-16-19-35-32-30(27)37-31(38-32)28-15-14-26(21-36-28)39(4)5;1-23(11-12-23)16-6-4-15(5-7-16)18-10-13-24-22-20(18)26-21(27-22)19-9-8-17(14-25-19)28(2)3;1-28(2)16-7-8-18(25-13-16)20-26-19-17(9-12-24-21(19)27-20)14-3-5-15(6-4-14)22(23)10-11-22;1-13(2,3)18-12(17)16-14(8-9-14)10-4-6-11(15)7-5-10;1-11(2,3)9-6-4-8(5-7-9)10(12)13;1-10(2)8-4-3-7(6-11)9-5-8/h6-16,19,21H,17-18,20H2,1-5H3,(H,35,37,38);4-10,13-14H,11-12H2,1-3H3,(H,24,26,27);3-9,12-13H,10-11,23H2,1-2H3,(H,24,26,27);4-7H,8-9H2,1-3H3,(H,16,17);4-7H,1-3H3;3-6H,1-2H3. The van der Waals surface area contributed by atoms with Crippen molar-refractivity contribution in [2.45, 2.75) is 165 Å². The number of aromatic nitrogens is 13. The summed E-state index contributed by atoms with van der Waals surface area (Å²) in [6.45, 7) is 20.9. The van der Waals surface area contributed by atoms with Crippen LogP contribution in [0.25, 0.3) is 101 Å². The summed E-state index contributed by atoms with van der Waals surface area (Å²) in [7, 11) is 15.8. The summed E-state index contributed by atoms with van der Waals surface area (Å²) < 4.78 is 6.34. The smallest absolute Gasteiger partial charge is 0.408 e. The Hall–Kier alpha value is -14.0. The number of benzene rings is 6. The number of anilines is 4. The highest BCUT2D eigenvalue weighted by Gasteiger charge is 2.48. The van der Waals surface area contributed by atoms with Crippen LogP contribution in [0.2, 0.25) is 0 Å². The number of carbonyl (C=O) groups is 4. The molecule has 1 amide bonds. The van der Waals surface area contributed by atoms with Crippen LogP contribution in [0.5, 0.6) is 0 Å². The molecule has 10 aromatic heterocycles. The molecule has 0 bridgehead atoms. The normalized spacial score (nSPS) is 14.3. The van der Waals surface area contributed by atoms with Crippen LogP contribution in [-0.4, -0.2) is 150 Å². The molecule has 26 heteroatoms. The molecular weight excluding hydrogens is 1810 g/mol. The minimum Gasteiger partial charge on any atom is -0.444 e. The summed E-state index contributed by atoms with van der Waals surface area (Å²) in [6.07, 6.45) is 22.3. The number of halogens is 2. The fourth-order valence-corrected chi connectivity index (χ4v) is 16.5. The van der Waals surface area contributed by atoms with Crippen molar-refractivity contribution < 1.29 is 23.9 Å². The third-order valence-electron chi connectivity index (χ3n) is 25.7. The lowest BCUT2D eigenvalue weighted by Gasteiger charge is -2.23. The molecule has 0 atom stereocenters. The fourth-order valence-electron chi connectivity index (χ4n) is 16.1. The number of nitrogens with one attached hydrogen (secondary N) is 4. The van der Waals surface area contributed by atoms with Crippen molar-refractivity contribution in [3.8, 4) is 67.9 Å². The molecule has 0 unspecified atom stereocenters. The number of hydrogen-bond donors (Lipinski definition) is 5. The largest absolute Gasteiger partial charge is 0.444 e. The van der Waals surface area contributed by atoms with Gasteiger partial charge in [-0.2, -0.15) is 0 Å². The Morgan fingerprint density at radius 3 is 1.10 bits per heavy atom. The molecule has 0 saturated heterocycles. The first-order valence-electron chi connectivity index (χ1n) is 46.5. The van der Waals surface area contributed by atoms with Crippen molar-refractivity contribution in [2.75, 3.05) is 76.0 Å². The van der Waals surface area contributed by atoms with Crippen molar-refractivity contribution in [3.63, 3.8) is 0 Å². The van der Waals surface area contributed by atoms with Gasteiger partial charge in [0, 0.05) is 125 Å². The summed E-state index contributed by atoms with van der Waals surface area (Å²) in [5.74, 6) is 2.37. The molecule has 4 saturated carbocycles. The van der Waals surface area contributed by atoms with E-state index in [-0.39, 0.29) is 39.2 Å². The monoisotopic (exact) mass is 1930 g/mol. The SMILES string of the molecule is CC(C)(C)OC(=O)NC1(c2ccc(Br)cc2)CC1.CC(C)(C)c1ccc(C(=O)Cl)cc1.CN(C)c1ccc(-c2nc3nccc(-c4ccc(C5(C)CC5)cc4)c3[nH]2)nc1.CN(C)c1ccc(-c2nc3nccc(-c4ccc(C5(CC(=O)c6ccc(C(C)(C)C)cc6)CC5)cc4)c3[nH]2)nc1.CN(C)c1ccc(-c2nc3nccc(-c4ccc(C5(N)CC5)cc4)c3[nH]2)nc1.CN(C)c1ccc(C=O)nc1. The molecule has 138 heavy (non-hydrogen) atoms. The number of amides is 1. The van der Waals surface area contributed by atoms with Crippen LogP contribution in [0.15, 0.2) is 260 Å². The zero-order valence-corrected chi connectivity index (χ0v) is 84.2. The number of pyridine rings is 7. The molecule has 24 nitrogen and oxygen atoms in total. The number of alkyl carbamates (subject to hydrolysis) is 1. The Bertz CT molecular complexity index is 6760. The molecular formula is C112H121BrClN19O5. The molecule has 0 spiro atoms. The zero-order chi connectivity index (χ0) is 98.4. The number of carbonyl (C=O) groups excluding carboxylic acids is 4. The fraction of sp³-hybridized carbons (Fsp3) is 0.304. The van der Waals surface area contributed by atoms with Crippen molar-refractivity contribution in [3.05, 3.63) is 310 Å². The van der Waals surface area contributed by atoms with Gasteiger partial charge in [0.2, 0.25) is 0 Å². The summed E-state index contributed by atoms with van der Waals surface area (Å²) in [4.78, 5) is 109. The van der Waals surface area contributed by atoms with Crippen molar-refractivity contribution in [1.29, 1.82) is 0 Å². The minimum absolute atomic E-state index is 0.0581. The van der Waals surface area contributed by atoms with E-state index < -0.39 is 10.8 Å². The molecule has 0 radical (unpaired) electrons. The molecule has 0 aliphatic heterocycles. The average molecular weight is 1930 g/mol. The highest BCUT2D eigenvalue weighted by Crippen LogP contribution is 2.53. The van der Waals surface area contributed by atoms with Crippen molar-refractivity contribution in [2.24, 2.45) is 5.73 Å². The molecule has 20 rings (SSSR count). The second kappa shape index (κ2) is 40.7. The van der Waals surface area contributed by atoms with E-state index in [1.165, 1.54) is 46.2 Å². The van der Waals surface area contributed by atoms with Crippen LogP contribution >= 0.6 is 27.5 Å². The Kier molecular flexibility index (Phi) is 29.1. The van der Waals surface area contributed by atoms with Crippen LogP contribution in [0.1, 0.15) is 192 Å². The van der Waals surface area contributed by atoms with Gasteiger partial charge in [0.25, 0.3) is 5.24 Å². The predicted molar refractivity (Wildman–Crippen MR) is 561 cm³/mol. The van der Waals surface area contributed by atoms with Gasteiger partial charge in [0.05, 0.1) is 69.6 Å². The highest BCUT2D eigenvalue weighted by atomic mass is 79.9. The first-order chi connectivity index (χ1) is 65.6. The number of ether oxygens (including phenoxy) is 1. The molecule has 16 aromatic rings. The van der Waals surface area contributed by atoms with Gasteiger partial charge in [-0.25, -0.2) is 34.7 Å². The van der Waals surface area contributed by atoms with Gasteiger partial charge in [-0.15, -0.1) is 0 Å². The molecule has 10 heterocycles. The molecule has 6 aromatic carbocycles. The predicted octanol–water partition coefficient (Wildman–Crippen LogP) is 24.1. The topological polar surface area (TPSA) is 305 Å². The van der Waals surface area contributed by atoms with Crippen LogP contribution in [0.3, 0.4) is 0 Å². The Morgan fingerprint density at radius 1 is 0.428 bits per heavy atom. The number of imidazole rings is 3. The van der Waals surface area contributed by atoms with E-state index in [0.717, 1.165) is 156 Å². The number of nitrogens with two attached hydrogens (primary N) is 1. The van der Waals surface area contributed by atoms with Gasteiger partial charge in [-0.3, -0.25) is 34.3 Å². The number of aromatic amines is 3. The number of ketones is 1. The Balaban J connectivity index is 0.000000132. The van der Waals surface area contributed by atoms with E-state index in [2.05, 4.69) is 214 Å². The van der Waals surface area contributed by atoms with Crippen LogP contribution in [0, 0.1) is 0 Å². The van der Waals surface area contributed by atoms with Gasteiger partial charge in [0.1, 0.15) is 28.4 Å².